The number of nitrogens with zero attached hydrogens (tertiary/aromatic N) is 1. The summed E-state index contributed by atoms with van der Waals surface area (Å²) in [4.78, 5) is 15.0. The Bertz CT molecular complexity index is 449. The fourth-order valence-corrected chi connectivity index (χ4v) is 1.76. The van der Waals surface area contributed by atoms with Gasteiger partial charge in [-0.25, -0.2) is 9.78 Å². The molecule has 0 radical (unpaired) electrons. The van der Waals surface area contributed by atoms with Gasteiger partial charge in [0.25, 0.3) is 0 Å². The molecule has 1 aromatic rings. The summed E-state index contributed by atoms with van der Waals surface area (Å²) in [5, 5.41) is 2.51. The van der Waals surface area contributed by atoms with Crippen LogP contribution in [0, 0.1) is 9.52 Å². The van der Waals surface area contributed by atoms with Crippen molar-refractivity contribution in [3.05, 3.63) is 20.2 Å². The van der Waals surface area contributed by atoms with Crippen LogP contribution in [-0.4, -0.2) is 16.7 Å². The minimum absolute atomic E-state index is 0.214. The van der Waals surface area contributed by atoms with Crippen molar-refractivity contribution < 1.29 is 13.9 Å². The number of aromatic nitrogens is 1. The molecule has 0 saturated carbocycles. The average Bonchev–Trinajstić information content (AvgIpc) is 2.16. The Balaban J connectivity index is 2.83. The maximum Gasteiger partial charge on any atom is 0.412 e. The fourth-order valence-electron chi connectivity index (χ4n) is 0.944. The van der Waals surface area contributed by atoms with Gasteiger partial charge in [0.05, 0.1) is 19.9 Å². The SMILES string of the molecule is CC(C)(C)OC(=O)Nc1cnc(F)c(Br)c1I. The summed E-state index contributed by atoms with van der Waals surface area (Å²) in [6.07, 6.45) is 0.641. The van der Waals surface area contributed by atoms with Gasteiger partial charge in [0.2, 0.25) is 5.95 Å². The molecule has 1 amide bonds. The molecule has 0 aliphatic heterocycles. The molecule has 1 heterocycles. The van der Waals surface area contributed by atoms with Crippen LogP contribution in [0.15, 0.2) is 10.7 Å². The van der Waals surface area contributed by atoms with Crippen LogP contribution in [0.2, 0.25) is 0 Å². The van der Waals surface area contributed by atoms with Gasteiger partial charge in [-0.2, -0.15) is 4.39 Å². The second-order valence-corrected chi connectivity index (χ2v) is 6.09. The zero-order valence-electron chi connectivity index (χ0n) is 9.47. The molecule has 7 heteroatoms. The van der Waals surface area contributed by atoms with Crippen molar-refractivity contribution in [3.8, 4) is 0 Å². The lowest BCUT2D eigenvalue weighted by molar-refractivity contribution is 0.0635. The van der Waals surface area contributed by atoms with Gasteiger partial charge in [-0.3, -0.25) is 5.32 Å². The summed E-state index contributed by atoms with van der Waals surface area (Å²) >= 11 is 4.95. The quantitative estimate of drug-likeness (QED) is 0.557. The van der Waals surface area contributed by atoms with E-state index in [2.05, 4.69) is 26.2 Å². The zero-order chi connectivity index (χ0) is 13.2. The largest absolute Gasteiger partial charge is 0.444 e. The standard InChI is InChI=1S/C10H11BrFIN2O2/c1-10(2,3)17-9(16)15-5-4-14-8(12)6(11)7(5)13/h4H,1-3H3,(H,15,16). The van der Waals surface area contributed by atoms with E-state index in [-0.39, 0.29) is 4.47 Å². The predicted molar refractivity (Wildman–Crippen MR) is 74.5 cm³/mol. The Morgan fingerprint density at radius 3 is 2.71 bits per heavy atom. The van der Waals surface area contributed by atoms with Crippen LogP contribution < -0.4 is 5.32 Å². The third-order valence-corrected chi connectivity index (χ3v) is 4.14. The molecule has 0 atom stereocenters. The molecule has 4 nitrogen and oxygen atoms in total. The van der Waals surface area contributed by atoms with Crippen molar-refractivity contribution in [3.63, 3.8) is 0 Å². The number of ether oxygens (including phenoxy) is 1. The molecule has 0 saturated heterocycles. The molecule has 0 aromatic carbocycles. The van der Waals surface area contributed by atoms with E-state index in [9.17, 15) is 9.18 Å². The molecule has 0 fully saturated rings. The molecule has 1 rings (SSSR count). The minimum Gasteiger partial charge on any atom is -0.444 e. The van der Waals surface area contributed by atoms with Crippen molar-refractivity contribution in [1.82, 2.24) is 4.98 Å². The number of carbonyl (C=O) groups excluding carboxylic acids is 1. The van der Waals surface area contributed by atoms with Crippen molar-refractivity contribution in [2.75, 3.05) is 5.32 Å². The van der Waals surface area contributed by atoms with Crippen LogP contribution in [0.25, 0.3) is 0 Å². The number of nitrogens with one attached hydrogen (secondary N) is 1. The normalized spacial score (nSPS) is 11.2. The molecular formula is C10H11BrFIN2O2. The van der Waals surface area contributed by atoms with Crippen LogP contribution in [0.4, 0.5) is 14.9 Å². The molecule has 0 unspecified atom stereocenters. The van der Waals surface area contributed by atoms with E-state index < -0.39 is 17.6 Å². The first kappa shape index (κ1) is 14.6. The van der Waals surface area contributed by atoms with E-state index in [0.29, 0.717) is 9.26 Å². The van der Waals surface area contributed by atoms with Crippen molar-refractivity contribution in [2.45, 2.75) is 26.4 Å². The van der Waals surface area contributed by atoms with Crippen LogP contribution in [0.5, 0.6) is 0 Å². The van der Waals surface area contributed by atoms with Crippen LogP contribution in [-0.2, 0) is 4.74 Å². The maximum absolute atomic E-state index is 13.1. The van der Waals surface area contributed by atoms with Crippen LogP contribution in [0.1, 0.15) is 20.8 Å². The molecule has 0 spiro atoms. The second-order valence-electron chi connectivity index (χ2n) is 4.22. The van der Waals surface area contributed by atoms with Gasteiger partial charge in [-0.1, -0.05) is 0 Å². The van der Waals surface area contributed by atoms with Gasteiger partial charge in [0, 0.05) is 0 Å². The van der Waals surface area contributed by atoms with E-state index in [0.717, 1.165) is 0 Å². The number of hydrogen-bond donors (Lipinski definition) is 1. The van der Waals surface area contributed by atoms with Gasteiger partial charge >= 0.3 is 6.09 Å². The van der Waals surface area contributed by atoms with E-state index in [1.54, 1.807) is 20.8 Å². The van der Waals surface area contributed by atoms with Gasteiger partial charge in [0.15, 0.2) is 0 Å². The lowest BCUT2D eigenvalue weighted by Gasteiger charge is -2.20. The van der Waals surface area contributed by atoms with Crippen LogP contribution >= 0.6 is 38.5 Å². The Hall–Kier alpha value is -0.440. The monoisotopic (exact) mass is 416 g/mol. The number of carbonyl (C=O) groups is 1. The number of amides is 1. The highest BCUT2D eigenvalue weighted by molar-refractivity contribution is 14.1. The Labute approximate surface area is 121 Å². The van der Waals surface area contributed by atoms with Gasteiger partial charge < -0.3 is 4.74 Å². The fraction of sp³-hybridized carbons (Fsp3) is 0.400. The lowest BCUT2D eigenvalue weighted by atomic mass is 10.2. The molecule has 0 aliphatic rings. The lowest BCUT2D eigenvalue weighted by Crippen LogP contribution is -2.27. The van der Waals surface area contributed by atoms with E-state index >= 15 is 0 Å². The maximum atomic E-state index is 13.1. The predicted octanol–water partition coefficient (Wildman–Crippen LogP) is 3.93. The zero-order valence-corrected chi connectivity index (χ0v) is 13.2. The Kier molecular flexibility index (Phi) is 4.70. The first-order chi connectivity index (χ1) is 7.70. The Morgan fingerprint density at radius 2 is 2.18 bits per heavy atom. The highest BCUT2D eigenvalue weighted by atomic mass is 127. The number of hydrogen-bond acceptors (Lipinski definition) is 3. The third-order valence-electron chi connectivity index (χ3n) is 1.55. The molecule has 94 valence electrons. The van der Waals surface area contributed by atoms with Crippen LogP contribution in [0.3, 0.4) is 0 Å². The average molecular weight is 417 g/mol. The molecule has 0 aliphatic carbocycles. The number of halogens is 3. The van der Waals surface area contributed by atoms with E-state index in [1.807, 2.05) is 22.6 Å². The first-order valence-corrected chi connectivity index (χ1v) is 6.57. The van der Waals surface area contributed by atoms with Gasteiger partial charge in [-0.05, 0) is 59.3 Å². The Morgan fingerprint density at radius 1 is 1.59 bits per heavy atom. The summed E-state index contributed by atoms with van der Waals surface area (Å²) in [7, 11) is 0. The molecule has 1 aromatic heterocycles. The molecular weight excluding hydrogens is 406 g/mol. The summed E-state index contributed by atoms with van der Waals surface area (Å²) in [5.74, 6) is -0.621. The molecule has 1 N–H and O–H groups in total. The van der Waals surface area contributed by atoms with Gasteiger partial charge in [0.1, 0.15) is 5.60 Å². The minimum atomic E-state index is -0.621. The second kappa shape index (κ2) is 5.47. The smallest absolute Gasteiger partial charge is 0.412 e. The summed E-state index contributed by atoms with van der Waals surface area (Å²) in [5.41, 5.74) is -0.187. The highest BCUT2D eigenvalue weighted by Gasteiger charge is 2.18. The van der Waals surface area contributed by atoms with Crippen molar-refractivity contribution in [2.24, 2.45) is 0 Å². The van der Waals surface area contributed by atoms with E-state index in [4.69, 9.17) is 4.74 Å². The molecule has 0 bridgehead atoms. The van der Waals surface area contributed by atoms with E-state index in [1.165, 1.54) is 6.20 Å². The number of pyridine rings is 1. The highest BCUT2D eigenvalue weighted by Crippen LogP contribution is 2.27. The van der Waals surface area contributed by atoms with Crippen molar-refractivity contribution >= 4 is 50.3 Å². The summed E-state index contributed by atoms with van der Waals surface area (Å²) < 4.78 is 18.9. The topological polar surface area (TPSA) is 51.2 Å². The molecule has 17 heavy (non-hydrogen) atoms. The summed E-state index contributed by atoms with van der Waals surface area (Å²) in [6, 6.07) is 0. The third kappa shape index (κ3) is 4.38. The van der Waals surface area contributed by atoms with Gasteiger partial charge in [-0.15, -0.1) is 0 Å². The van der Waals surface area contributed by atoms with Crippen molar-refractivity contribution in [1.29, 1.82) is 0 Å². The number of rotatable bonds is 1. The summed E-state index contributed by atoms with van der Waals surface area (Å²) in [6.45, 7) is 5.28. The first-order valence-electron chi connectivity index (χ1n) is 4.70. The number of anilines is 1.